The summed E-state index contributed by atoms with van der Waals surface area (Å²) in [7, 11) is 0. The summed E-state index contributed by atoms with van der Waals surface area (Å²) in [5, 5.41) is 6.83. The molecule has 0 spiro atoms. The van der Waals surface area contributed by atoms with E-state index >= 15 is 0 Å². The standard InChI is InChI=1S/C19H25N5/c1-2-4-12-24(11-3-1)16-7-5-15(6-8-16)23-19-17-9-10-20-13-18(17)21-14-22-19/h5-8,14,20H,1-4,9-13H2,(H,21,22,23). The van der Waals surface area contributed by atoms with Gasteiger partial charge in [-0.15, -0.1) is 0 Å². The summed E-state index contributed by atoms with van der Waals surface area (Å²) in [5.74, 6) is 0.948. The first-order chi connectivity index (χ1) is 11.9. The first-order valence-corrected chi connectivity index (χ1v) is 9.06. The first-order valence-electron chi connectivity index (χ1n) is 9.06. The van der Waals surface area contributed by atoms with E-state index in [2.05, 4.69) is 49.8 Å². The fourth-order valence-electron chi connectivity index (χ4n) is 3.61. The molecule has 1 aromatic heterocycles. The minimum absolute atomic E-state index is 0.834. The Kier molecular flexibility index (Phi) is 4.60. The van der Waals surface area contributed by atoms with Crippen molar-refractivity contribution in [3.8, 4) is 0 Å². The summed E-state index contributed by atoms with van der Waals surface area (Å²) in [6.07, 6.45) is 7.97. The molecule has 0 unspecified atom stereocenters. The zero-order valence-electron chi connectivity index (χ0n) is 14.1. The third kappa shape index (κ3) is 3.36. The summed E-state index contributed by atoms with van der Waals surface area (Å²) >= 11 is 0. The SMILES string of the molecule is c1nc2c(c(Nc3ccc(N4CCCCCC4)cc3)n1)CCNC2. The molecule has 126 valence electrons. The molecule has 3 heterocycles. The lowest BCUT2D eigenvalue weighted by molar-refractivity contribution is 0.624. The Morgan fingerprint density at radius 1 is 0.958 bits per heavy atom. The number of nitrogens with one attached hydrogen (secondary N) is 2. The molecule has 1 aromatic carbocycles. The van der Waals surface area contributed by atoms with Gasteiger partial charge in [0.15, 0.2) is 0 Å². The Morgan fingerprint density at radius 3 is 2.54 bits per heavy atom. The van der Waals surface area contributed by atoms with Gasteiger partial charge in [0.2, 0.25) is 0 Å². The second kappa shape index (κ2) is 7.18. The van der Waals surface area contributed by atoms with E-state index in [4.69, 9.17) is 0 Å². The van der Waals surface area contributed by atoms with E-state index in [0.717, 1.165) is 36.7 Å². The van der Waals surface area contributed by atoms with Crippen molar-refractivity contribution in [2.75, 3.05) is 29.9 Å². The molecule has 0 aliphatic carbocycles. The Labute approximate surface area is 143 Å². The van der Waals surface area contributed by atoms with Crippen molar-refractivity contribution in [1.29, 1.82) is 0 Å². The molecule has 1 fully saturated rings. The second-order valence-electron chi connectivity index (χ2n) is 6.65. The van der Waals surface area contributed by atoms with Crippen molar-refractivity contribution in [3.63, 3.8) is 0 Å². The van der Waals surface area contributed by atoms with Crippen LogP contribution in [-0.2, 0) is 13.0 Å². The predicted molar refractivity (Wildman–Crippen MR) is 97.8 cm³/mol. The summed E-state index contributed by atoms with van der Waals surface area (Å²) in [6.45, 7) is 4.18. The monoisotopic (exact) mass is 323 g/mol. The summed E-state index contributed by atoms with van der Waals surface area (Å²) in [4.78, 5) is 11.3. The number of benzene rings is 1. The van der Waals surface area contributed by atoms with Gasteiger partial charge in [0.1, 0.15) is 12.1 Å². The van der Waals surface area contributed by atoms with Crippen LogP contribution in [0.2, 0.25) is 0 Å². The minimum atomic E-state index is 0.834. The molecular weight excluding hydrogens is 298 g/mol. The van der Waals surface area contributed by atoms with E-state index in [-0.39, 0.29) is 0 Å². The quantitative estimate of drug-likeness (QED) is 0.908. The molecule has 0 radical (unpaired) electrons. The molecule has 1 saturated heterocycles. The van der Waals surface area contributed by atoms with Crippen molar-refractivity contribution in [3.05, 3.63) is 41.9 Å². The van der Waals surface area contributed by atoms with Gasteiger partial charge in [0.05, 0.1) is 5.69 Å². The van der Waals surface area contributed by atoms with E-state index in [1.165, 1.54) is 50.0 Å². The molecule has 2 N–H and O–H groups in total. The number of rotatable bonds is 3. The van der Waals surface area contributed by atoms with E-state index in [9.17, 15) is 0 Å². The molecule has 0 atom stereocenters. The van der Waals surface area contributed by atoms with E-state index < -0.39 is 0 Å². The zero-order chi connectivity index (χ0) is 16.2. The smallest absolute Gasteiger partial charge is 0.137 e. The van der Waals surface area contributed by atoms with Crippen LogP contribution in [0.4, 0.5) is 17.2 Å². The van der Waals surface area contributed by atoms with Crippen LogP contribution < -0.4 is 15.5 Å². The van der Waals surface area contributed by atoms with Gasteiger partial charge in [0.25, 0.3) is 0 Å². The molecule has 2 aliphatic heterocycles. The number of fused-ring (bicyclic) bond motifs is 1. The maximum absolute atomic E-state index is 4.45. The van der Waals surface area contributed by atoms with Crippen molar-refractivity contribution in [2.45, 2.75) is 38.6 Å². The topological polar surface area (TPSA) is 53.1 Å². The van der Waals surface area contributed by atoms with Gasteiger partial charge in [-0.3, -0.25) is 0 Å². The molecule has 0 saturated carbocycles. The molecule has 5 nitrogen and oxygen atoms in total. The highest BCUT2D eigenvalue weighted by Crippen LogP contribution is 2.25. The zero-order valence-corrected chi connectivity index (χ0v) is 14.1. The van der Waals surface area contributed by atoms with Gasteiger partial charge in [-0.05, 0) is 50.1 Å². The van der Waals surface area contributed by atoms with E-state index in [1.807, 2.05) is 0 Å². The summed E-state index contributed by atoms with van der Waals surface area (Å²) in [5.41, 5.74) is 4.78. The molecule has 2 aliphatic rings. The Bertz CT molecular complexity index is 675. The van der Waals surface area contributed by atoms with Crippen LogP contribution in [0.15, 0.2) is 30.6 Å². The maximum atomic E-state index is 4.45. The predicted octanol–water partition coefficient (Wildman–Crippen LogP) is 3.25. The molecule has 4 rings (SSSR count). The van der Waals surface area contributed by atoms with E-state index in [1.54, 1.807) is 6.33 Å². The molecule has 0 amide bonds. The molecular formula is C19H25N5. The van der Waals surface area contributed by atoms with Crippen molar-refractivity contribution < 1.29 is 0 Å². The van der Waals surface area contributed by atoms with E-state index in [0.29, 0.717) is 0 Å². The number of hydrogen-bond donors (Lipinski definition) is 2. The first kappa shape index (κ1) is 15.4. The summed E-state index contributed by atoms with van der Waals surface area (Å²) in [6, 6.07) is 8.78. The van der Waals surface area contributed by atoms with Crippen molar-refractivity contribution >= 4 is 17.2 Å². The lowest BCUT2D eigenvalue weighted by atomic mass is 10.1. The third-order valence-electron chi connectivity index (χ3n) is 4.98. The van der Waals surface area contributed by atoms with Crippen LogP contribution in [-0.4, -0.2) is 29.6 Å². The number of nitrogens with zero attached hydrogens (tertiary/aromatic N) is 3. The van der Waals surface area contributed by atoms with Gasteiger partial charge < -0.3 is 15.5 Å². The molecule has 24 heavy (non-hydrogen) atoms. The van der Waals surface area contributed by atoms with Crippen LogP contribution in [0.3, 0.4) is 0 Å². The molecule has 5 heteroatoms. The third-order valence-corrected chi connectivity index (χ3v) is 4.98. The minimum Gasteiger partial charge on any atom is -0.372 e. The van der Waals surface area contributed by atoms with Crippen molar-refractivity contribution in [1.82, 2.24) is 15.3 Å². The average molecular weight is 323 g/mol. The number of hydrogen-bond acceptors (Lipinski definition) is 5. The fourth-order valence-corrected chi connectivity index (χ4v) is 3.61. The normalized spacial score (nSPS) is 17.9. The number of anilines is 3. The van der Waals surface area contributed by atoms with Gasteiger partial charge in [-0.1, -0.05) is 12.8 Å². The summed E-state index contributed by atoms with van der Waals surface area (Å²) < 4.78 is 0. The Hall–Kier alpha value is -2.14. The van der Waals surface area contributed by atoms with Gasteiger partial charge >= 0.3 is 0 Å². The lowest BCUT2D eigenvalue weighted by Gasteiger charge is -2.23. The highest BCUT2D eigenvalue weighted by atomic mass is 15.1. The van der Waals surface area contributed by atoms with Gasteiger partial charge in [-0.25, -0.2) is 9.97 Å². The lowest BCUT2D eigenvalue weighted by Crippen LogP contribution is -2.25. The average Bonchev–Trinajstić information content (AvgIpc) is 2.92. The van der Waals surface area contributed by atoms with Gasteiger partial charge in [0, 0.05) is 36.6 Å². The van der Waals surface area contributed by atoms with Crippen LogP contribution in [0.5, 0.6) is 0 Å². The Balaban J connectivity index is 1.49. The highest BCUT2D eigenvalue weighted by Gasteiger charge is 2.15. The van der Waals surface area contributed by atoms with Crippen LogP contribution in [0, 0.1) is 0 Å². The van der Waals surface area contributed by atoms with Crippen LogP contribution >= 0.6 is 0 Å². The second-order valence-corrected chi connectivity index (χ2v) is 6.65. The van der Waals surface area contributed by atoms with Gasteiger partial charge in [-0.2, -0.15) is 0 Å². The van der Waals surface area contributed by atoms with Crippen LogP contribution in [0.25, 0.3) is 0 Å². The van der Waals surface area contributed by atoms with Crippen molar-refractivity contribution in [2.24, 2.45) is 0 Å². The molecule has 0 bridgehead atoms. The fraction of sp³-hybridized carbons (Fsp3) is 0.474. The Morgan fingerprint density at radius 2 is 1.75 bits per heavy atom. The molecule has 2 aromatic rings. The highest BCUT2D eigenvalue weighted by molar-refractivity contribution is 5.63. The largest absolute Gasteiger partial charge is 0.372 e. The van der Waals surface area contributed by atoms with Crippen LogP contribution in [0.1, 0.15) is 36.9 Å². The number of aromatic nitrogens is 2. The maximum Gasteiger partial charge on any atom is 0.137 e.